The average Bonchev–Trinajstić information content (AvgIpc) is 2.16. The highest BCUT2D eigenvalue weighted by molar-refractivity contribution is 5.35. The first-order chi connectivity index (χ1) is 6.16. The van der Waals surface area contributed by atoms with Crippen molar-refractivity contribution in [2.75, 3.05) is 0 Å². The van der Waals surface area contributed by atoms with E-state index in [9.17, 15) is 8.78 Å². The van der Waals surface area contributed by atoms with E-state index in [4.69, 9.17) is 5.26 Å². The Morgan fingerprint density at radius 2 is 1.77 bits per heavy atom. The Kier molecular flexibility index (Phi) is 4.68. The van der Waals surface area contributed by atoms with Gasteiger partial charge >= 0.3 is 0 Å². The lowest BCUT2D eigenvalue weighted by Crippen LogP contribution is -1.92. The van der Waals surface area contributed by atoms with Gasteiger partial charge in [0.15, 0.2) is 0 Å². The maximum absolute atomic E-state index is 12.8. The summed E-state index contributed by atoms with van der Waals surface area (Å²) in [5.74, 6) is -1.58. The second-order valence-corrected chi connectivity index (χ2v) is 2.17. The van der Waals surface area contributed by atoms with Gasteiger partial charge in [-0.3, -0.25) is 0 Å². The minimum Gasteiger partial charge on any atom is -0.205 e. The molecular weight excluding hydrogens is 172 g/mol. The maximum Gasteiger partial charge on any atom is 0.146 e. The molecule has 0 radical (unpaired) electrons. The smallest absolute Gasteiger partial charge is 0.146 e. The molecule has 3 heteroatoms. The number of nitriles is 1. The fourth-order valence-corrected chi connectivity index (χ4v) is 0.759. The van der Waals surface area contributed by atoms with E-state index in [2.05, 4.69) is 0 Å². The molecule has 0 spiro atoms. The minimum absolute atomic E-state index is 0.281. The molecule has 0 aliphatic heterocycles. The van der Waals surface area contributed by atoms with Crippen LogP contribution in [-0.2, 0) is 0 Å². The van der Waals surface area contributed by atoms with Crippen molar-refractivity contribution < 1.29 is 8.78 Å². The Hall–Kier alpha value is -1.43. The summed E-state index contributed by atoms with van der Waals surface area (Å²) in [6.07, 6.45) is 0. The Balaban J connectivity index is 0.000000671. The van der Waals surface area contributed by atoms with Crippen molar-refractivity contribution in [1.82, 2.24) is 0 Å². The molecule has 1 aromatic rings. The number of halogens is 2. The zero-order valence-corrected chi connectivity index (χ0v) is 7.86. The predicted molar refractivity (Wildman–Crippen MR) is 47.2 cm³/mol. The van der Waals surface area contributed by atoms with Crippen molar-refractivity contribution in [3.8, 4) is 6.07 Å². The van der Waals surface area contributed by atoms with Crippen LogP contribution in [0.5, 0.6) is 0 Å². The van der Waals surface area contributed by atoms with Crippen LogP contribution >= 0.6 is 0 Å². The van der Waals surface area contributed by atoms with Gasteiger partial charge in [0.05, 0.1) is 0 Å². The van der Waals surface area contributed by atoms with Crippen LogP contribution < -0.4 is 0 Å². The number of benzene rings is 1. The van der Waals surface area contributed by atoms with Crippen molar-refractivity contribution in [3.63, 3.8) is 0 Å². The van der Waals surface area contributed by atoms with Crippen molar-refractivity contribution >= 4 is 0 Å². The lowest BCUT2D eigenvalue weighted by atomic mass is 10.1. The number of rotatable bonds is 0. The summed E-state index contributed by atoms with van der Waals surface area (Å²) in [5.41, 5.74) is -0.229. The fourth-order valence-electron chi connectivity index (χ4n) is 0.759. The first-order valence-corrected chi connectivity index (χ1v) is 4.01. The quantitative estimate of drug-likeness (QED) is 0.606. The van der Waals surface area contributed by atoms with Gasteiger partial charge < -0.3 is 0 Å². The summed E-state index contributed by atoms with van der Waals surface area (Å²) in [4.78, 5) is 0. The van der Waals surface area contributed by atoms with Crippen LogP contribution in [0.2, 0.25) is 0 Å². The van der Waals surface area contributed by atoms with Crippen LogP contribution in [0.4, 0.5) is 8.78 Å². The van der Waals surface area contributed by atoms with Gasteiger partial charge in [-0.05, 0) is 18.6 Å². The second-order valence-electron chi connectivity index (χ2n) is 2.17. The monoisotopic (exact) mass is 183 g/mol. The molecule has 1 aromatic carbocycles. The summed E-state index contributed by atoms with van der Waals surface area (Å²) in [6.45, 7) is 5.48. The van der Waals surface area contributed by atoms with Crippen LogP contribution in [0, 0.1) is 29.9 Å². The summed E-state index contributed by atoms with van der Waals surface area (Å²) in [5, 5.41) is 8.29. The molecule has 13 heavy (non-hydrogen) atoms. The van der Waals surface area contributed by atoms with Gasteiger partial charge in [-0.1, -0.05) is 19.9 Å². The zero-order chi connectivity index (χ0) is 10.4. The fraction of sp³-hybridized carbons (Fsp3) is 0.300. The molecule has 0 unspecified atom stereocenters. The number of hydrogen-bond acceptors (Lipinski definition) is 1. The molecule has 1 rings (SSSR count). The van der Waals surface area contributed by atoms with Gasteiger partial charge in [0.25, 0.3) is 0 Å². The van der Waals surface area contributed by atoms with E-state index in [0.717, 1.165) is 6.07 Å². The molecule has 0 aliphatic carbocycles. The van der Waals surface area contributed by atoms with Crippen LogP contribution in [0.15, 0.2) is 12.1 Å². The van der Waals surface area contributed by atoms with E-state index in [0.29, 0.717) is 0 Å². The van der Waals surface area contributed by atoms with Crippen molar-refractivity contribution in [3.05, 3.63) is 34.9 Å². The third kappa shape index (κ3) is 2.51. The number of aryl methyl sites for hydroxylation is 1. The molecule has 0 aromatic heterocycles. The molecule has 1 nitrogen and oxygen atoms in total. The second kappa shape index (κ2) is 5.26. The lowest BCUT2D eigenvalue weighted by Gasteiger charge is -1.97. The largest absolute Gasteiger partial charge is 0.205 e. The molecule has 0 heterocycles. The molecule has 0 N–H and O–H groups in total. The highest BCUT2D eigenvalue weighted by Crippen LogP contribution is 2.14. The molecule has 0 saturated carbocycles. The van der Waals surface area contributed by atoms with E-state index in [1.807, 2.05) is 13.8 Å². The SMILES string of the molecule is CC.Cc1ccc(F)c(C#N)c1F. The molecule has 0 fully saturated rings. The topological polar surface area (TPSA) is 23.8 Å². The van der Waals surface area contributed by atoms with Gasteiger partial charge in [0.2, 0.25) is 0 Å². The van der Waals surface area contributed by atoms with E-state index in [-0.39, 0.29) is 5.56 Å². The zero-order valence-electron chi connectivity index (χ0n) is 7.86. The third-order valence-corrected chi connectivity index (χ3v) is 1.40. The number of nitrogens with zero attached hydrogens (tertiary/aromatic N) is 1. The average molecular weight is 183 g/mol. The predicted octanol–water partition coefficient (Wildman–Crippen LogP) is 3.17. The highest BCUT2D eigenvalue weighted by atomic mass is 19.1. The Labute approximate surface area is 76.6 Å². The minimum atomic E-state index is -0.810. The van der Waals surface area contributed by atoms with Crippen LogP contribution in [0.1, 0.15) is 25.0 Å². The van der Waals surface area contributed by atoms with E-state index in [1.165, 1.54) is 19.1 Å². The molecule has 0 aliphatic rings. The van der Waals surface area contributed by atoms with Crippen LogP contribution in [0.25, 0.3) is 0 Å². The van der Waals surface area contributed by atoms with Gasteiger partial charge in [-0.2, -0.15) is 5.26 Å². The summed E-state index contributed by atoms with van der Waals surface area (Å²) in [6, 6.07) is 3.83. The van der Waals surface area contributed by atoms with Crippen LogP contribution in [-0.4, -0.2) is 0 Å². The Morgan fingerprint density at radius 1 is 1.23 bits per heavy atom. The first kappa shape index (κ1) is 11.6. The van der Waals surface area contributed by atoms with Crippen molar-refractivity contribution in [2.24, 2.45) is 0 Å². The van der Waals surface area contributed by atoms with Gasteiger partial charge in [0, 0.05) is 0 Å². The van der Waals surface area contributed by atoms with Crippen molar-refractivity contribution in [1.29, 1.82) is 5.26 Å². The molecule has 0 atom stereocenters. The summed E-state index contributed by atoms with van der Waals surface area (Å²) >= 11 is 0. The van der Waals surface area contributed by atoms with E-state index >= 15 is 0 Å². The Morgan fingerprint density at radius 3 is 2.15 bits per heavy atom. The number of hydrogen-bond donors (Lipinski definition) is 0. The first-order valence-electron chi connectivity index (χ1n) is 4.01. The van der Waals surface area contributed by atoms with Gasteiger partial charge in [-0.25, -0.2) is 8.78 Å². The van der Waals surface area contributed by atoms with E-state index < -0.39 is 17.2 Å². The third-order valence-electron chi connectivity index (χ3n) is 1.40. The maximum atomic E-state index is 12.8. The van der Waals surface area contributed by atoms with Gasteiger partial charge in [-0.15, -0.1) is 0 Å². The molecular formula is C10H11F2N. The summed E-state index contributed by atoms with van der Waals surface area (Å²) in [7, 11) is 0. The standard InChI is InChI=1S/C8H5F2N.C2H6/c1-5-2-3-7(9)6(4-11)8(5)10;1-2/h2-3H,1H3;1-2H3. The van der Waals surface area contributed by atoms with E-state index in [1.54, 1.807) is 0 Å². The van der Waals surface area contributed by atoms with Gasteiger partial charge in [0.1, 0.15) is 23.3 Å². The Bertz CT molecular complexity index is 326. The normalized spacial score (nSPS) is 8.31. The molecule has 0 amide bonds. The molecule has 70 valence electrons. The lowest BCUT2D eigenvalue weighted by molar-refractivity contribution is 0.571. The summed E-state index contributed by atoms with van der Waals surface area (Å²) < 4.78 is 25.4. The molecule has 0 bridgehead atoms. The highest BCUT2D eigenvalue weighted by Gasteiger charge is 2.09. The van der Waals surface area contributed by atoms with Crippen molar-refractivity contribution in [2.45, 2.75) is 20.8 Å². The molecule has 0 saturated heterocycles. The van der Waals surface area contributed by atoms with Crippen LogP contribution in [0.3, 0.4) is 0 Å².